The van der Waals surface area contributed by atoms with Crippen LogP contribution in [-0.2, 0) is 0 Å². The summed E-state index contributed by atoms with van der Waals surface area (Å²) in [5.74, 6) is -0.0805. The molecule has 4 N–H and O–H groups in total. The van der Waals surface area contributed by atoms with Crippen LogP contribution >= 0.6 is 0 Å². The molecule has 1 heterocycles. The van der Waals surface area contributed by atoms with E-state index in [0.717, 1.165) is 0 Å². The Balaban J connectivity index is 2.56. The first-order valence-electron chi connectivity index (χ1n) is 2.39. The highest BCUT2D eigenvalue weighted by Gasteiger charge is 1.99. The first kappa shape index (κ1) is 5.61. The van der Waals surface area contributed by atoms with Crippen molar-refractivity contribution in [2.24, 2.45) is 10.8 Å². The monoisotopic (exact) mass is 125 g/mol. The lowest BCUT2D eigenvalue weighted by molar-refractivity contribution is 0.409. The molecule has 1 rings (SSSR count). The van der Waals surface area contributed by atoms with Gasteiger partial charge in [-0.3, -0.25) is 5.41 Å². The summed E-state index contributed by atoms with van der Waals surface area (Å²) < 4.78 is 0. The van der Waals surface area contributed by atoms with Gasteiger partial charge in [-0.1, -0.05) is 0 Å². The zero-order chi connectivity index (χ0) is 6.69. The van der Waals surface area contributed by atoms with Gasteiger partial charge in [-0.05, 0) is 6.08 Å². The predicted octanol–water partition coefficient (Wildman–Crippen LogP) is -0.800. The lowest BCUT2D eigenvalue weighted by atomic mass is 10.6. The fourth-order valence-electron chi connectivity index (χ4n) is 0.431. The van der Waals surface area contributed by atoms with Crippen LogP contribution < -0.4 is 11.3 Å². The number of hydrazine groups is 1. The van der Waals surface area contributed by atoms with E-state index in [1.807, 2.05) is 0 Å². The van der Waals surface area contributed by atoms with E-state index in [1.165, 1.54) is 5.01 Å². The number of hydrogen-bond donors (Lipinski definition) is 3. The number of hydrogen-bond acceptors (Lipinski definition) is 3. The van der Waals surface area contributed by atoms with Gasteiger partial charge in [0, 0.05) is 6.20 Å². The van der Waals surface area contributed by atoms with Crippen molar-refractivity contribution in [3.05, 3.63) is 12.3 Å². The quantitative estimate of drug-likeness (QED) is 0.293. The molecule has 0 saturated heterocycles. The number of guanidine groups is 1. The van der Waals surface area contributed by atoms with Crippen molar-refractivity contribution in [2.45, 2.75) is 0 Å². The van der Waals surface area contributed by atoms with E-state index in [-0.39, 0.29) is 5.96 Å². The minimum atomic E-state index is -0.0805. The molecule has 0 saturated carbocycles. The molecular weight excluding hydrogens is 118 g/mol. The summed E-state index contributed by atoms with van der Waals surface area (Å²) in [6.45, 7) is 0. The van der Waals surface area contributed by atoms with Gasteiger partial charge in [-0.25, -0.2) is 10.5 Å². The molecule has 0 atom stereocenters. The van der Waals surface area contributed by atoms with Crippen LogP contribution in [0.1, 0.15) is 0 Å². The summed E-state index contributed by atoms with van der Waals surface area (Å²) >= 11 is 0. The predicted molar refractivity (Wildman–Crippen MR) is 34.5 cm³/mol. The highest BCUT2D eigenvalue weighted by molar-refractivity contribution is 5.78. The molecule has 0 unspecified atom stereocenters. The van der Waals surface area contributed by atoms with E-state index in [4.69, 9.17) is 11.1 Å². The molecule has 0 aromatic carbocycles. The maximum Gasteiger partial charge on any atom is 0.213 e. The van der Waals surface area contributed by atoms with Crippen molar-refractivity contribution in [2.75, 3.05) is 0 Å². The summed E-state index contributed by atoms with van der Waals surface area (Å²) in [7, 11) is 0. The Morgan fingerprint density at radius 2 is 2.56 bits per heavy atom. The van der Waals surface area contributed by atoms with Gasteiger partial charge in [0.15, 0.2) is 0 Å². The molecule has 0 spiro atoms. The maximum absolute atomic E-state index is 6.90. The SMILES string of the molecule is N=C(N)N1C=CC=NN1. The highest BCUT2D eigenvalue weighted by atomic mass is 15.7. The Morgan fingerprint density at radius 1 is 1.78 bits per heavy atom. The van der Waals surface area contributed by atoms with Gasteiger partial charge in [0.1, 0.15) is 0 Å². The molecule has 1 aliphatic rings. The summed E-state index contributed by atoms with van der Waals surface area (Å²) in [5.41, 5.74) is 7.57. The van der Waals surface area contributed by atoms with Crippen LogP contribution in [0.15, 0.2) is 17.4 Å². The third-order valence-electron chi connectivity index (χ3n) is 0.821. The van der Waals surface area contributed by atoms with E-state index >= 15 is 0 Å². The molecule has 0 aromatic rings. The molecule has 0 bridgehead atoms. The fraction of sp³-hybridized carbons (Fsp3) is 0. The van der Waals surface area contributed by atoms with Crippen molar-refractivity contribution < 1.29 is 0 Å². The summed E-state index contributed by atoms with van der Waals surface area (Å²) in [4.78, 5) is 0. The smallest absolute Gasteiger partial charge is 0.213 e. The normalized spacial score (nSPS) is 15.3. The Bertz CT molecular complexity index is 170. The van der Waals surface area contributed by atoms with Gasteiger partial charge < -0.3 is 5.73 Å². The van der Waals surface area contributed by atoms with Crippen molar-refractivity contribution >= 4 is 12.2 Å². The average molecular weight is 125 g/mol. The Labute approximate surface area is 52.3 Å². The molecule has 5 heteroatoms. The Morgan fingerprint density at radius 3 is 2.89 bits per heavy atom. The van der Waals surface area contributed by atoms with Gasteiger partial charge in [0.2, 0.25) is 5.96 Å². The Hall–Kier alpha value is -1.52. The van der Waals surface area contributed by atoms with Gasteiger partial charge >= 0.3 is 0 Å². The fourth-order valence-corrected chi connectivity index (χ4v) is 0.431. The zero-order valence-corrected chi connectivity index (χ0v) is 4.70. The second-order valence-electron chi connectivity index (χ2n) is 1.47. The van der Waals surface area contributed by atoms with Crippen LogP contribution in [0.25, 0.3) is 0 Å². The number of nitrogens with zero attached hydrogens (tertiary/aromatic N) is 2. The number of rotatable bonds is 0. The number of allylic oxidation sites excluding steroid dienone is 1. The lowest BCUT2D eigenvalue weighted by Crippen LogP contribution is -2.41. The molecule has 9 heavy (non-hydrogen) atoms. The largest absolute Gasteiger partial charge is 0.368 e. The molecular formula is C4H7N5. The van der Waals surface area contributed by atoms with Crippen molar-refractivity contribution in [3.63, 3.8) is 0 Å². The van der Waals surface area contributed by atoms with E-state index < -0.39 is 0 Å². The maximum atomic E-state index is 6.90. The van der Waals surface area contributed by atoms with Crippen LogP contribution in [0.5, 0.6) is 0 Å². The summed E-state index contributed by atoms with van der Waals surface area (Å²) in [6, 6.07) is 0. The van der Waals surface area contributed by atoms with Crippen LogP contribution in [0.3, 0.4) is 0 Å². The molecule has 48 valence electrons. The molecule has 0 radical (unpaired) electrons. The molecule has 0 fully saturated rings. The standard InChI is InChI=1S/C4H7N5/c5-4(6)9-3-1-2-7-8-9/h1-3,8H,(H3,5,6). The van der Waals surface area contributed by atoms with Crippen LogP contribution in [-0.4, -0.2) is 17.2 Å². The van der Waals surface area contributed by atoms with Crippen molar-refractivity contribution in [1.29, 1.82) is 5.41 Å². The summed E-state index contributed by atoms with van der Waals surface area (Å²) in [5, 5.41) is 11.8. The van der Waals surface area contributed by atoms with Crippen molar-refractivity contribution in [3.8, 4) is 0 Å². The van der Waals surface area contributed by atoms with Gasteiger partial charge in [0.25, 0.3) is 0 Å². The van der Waals surface area contributed by atoms with Gasteiger partial charge in [-0.2, -0.15) is 5.10 Å². The van der Waals surface area contributed by atoms with Gasteiger partial charge in [-0.15, -0.1) is 0 Å². The minimum absolute atomic E-state index is 0.0805. The second-order valence-corrected chi connectivity index (χ2v) is 1.47. The molecule has 1 aliphatic heterocycles. The number of nitrogens with two attached hydrogens (primary N) is 1. The number of nitrogens with one attached hydrogen (secondary N) is 2. The molecule has 0 aromatic heterocycles. The summed E-state index contributed by atoms with van der Waals surface area (Å²) in [6.07, 6.45) is 4.85. The third-order valence-corrected chi connectivity index (χ3v) is 0.821. The molecule has 0 amide bonds. The highest BCUT2D eigenvalue weighted by Crippen LogP contribution is 1.85. The van der Waals surface area contributed by atoms with E-state index in [0.29, 0.717) is 0 Å². The van der Waals surface area contributed by atoms with Crippen molar-refractivity contribution in [1.82, 2.24) is 10.5 Å². The number of hydrazone groups is 1. The topological polar surface area (TPSA) is 77.5 Å². The Kier molecular flexibility index (Phi) is 1.35. The molecule has 0 aliphatic carbocycles. The molecule has 5 nitrogen and oxygen atoms in total. The minimum Gasteiger partial charge on any atom is -0.368 e. The third kappa shape index (κ3) is 1.18. The lowest BCUT2D eigenvalue weighted by Gasteiger charge is -2.17. The van der Waals surface area contributed by atoms with Crippen LogP contribution in [0.2, 0.25) is 0 Å². The van der Waals surface area contributed by atoms with E-state index in [2.05, 4.69) is 10.6 Å². The van der Waals surface area contributed by atoms with E-state index in [1.54, 1.807) is 18.5 Å². The average Bonchev–Trinajstić information content (AvgIpc) is 1.90. The zero-order valence-electron chi connectivity index (χ0n) is 4.70. The van der Waals surface area contributed by atoms with Crippen LogP contribution in [0.4, 0.5) is 0 Å². The first-order valence-corrected chi connectivity index (χ1v) is 2.39. The van der Waals surface area contributed by atoms with Gasteiger partial charge in [0.05, 0.1) is 6.21 Å². The second kappa shape index (κ2) is 2.17. The first-order chi connectivity index (χ1) is 4.30. The van der Waals surface area contributed by atoms with Crippen LogP contribution in [0, 0.1) is 5.41 Å². The van der Waals surface area contributed by atoms with E-state index in [9.17, 15) is 0 Å².